The highest BCUT2D eigenvalue weighted by molar-refractivity contribution is 5.84. The molecule has 1 amide bonds. The fourth-order valence-electron chi connectivity index (χ4n) is 3.02. The highest BCUT2D eigenvalue weighted by atomic mass is 16.6. The van der Waals surface area contributed by atoms with Gasteiger partial charge in [0, 0.05) is 25.8 Å². The van der Waals surface area contributed by atoms with Gasteiger partial charge >= 0.3 is 6.09 Å². The number of nitrogens with one attached hydrogen (secondary N) is 3. The monoisotopic (exact) mass is 449 g/mol. The molecule has 33 heavy (non-hydrogen) atoms. The molecule has 9 nitrogen and oxygen atoms in total. The molecule has 0 fully saturated rings. The fraction of sp³-hybridized carbons (Fsp3) is 0.333. The molecule has 0 aliphatic carbocycles. The number of hydrogen-bond donors (Lipinski definition) is 3. The van der Waals surface area contributed by atoms with Crippen LogP contribution in [-0.4, -0.2) is 46.0 Å². The largest absolute Gasteiger partial charge is 0.444 e. The van der Waals surface area contributed by atoms with Gasteiger partial charge in [0.25, 0.3) is 0 Å². The average Bonchev–Trinajstić information content (AvgIpc) is 3.31. The lowest BCUT2D eigenvalue weighted by molar-refractivity contribution is 0.0636. The van der Waals surface area contributed by atoms with Gasteiger partial charge in [-0.15, -0.1) is 0 Å². The number of nitrogens with zero attached hydrogens (tertiary/aromatic N) is 4. The van der Waals surface area contributed by atoms with Crippen LogP contribution in [0.2, 0.25) is 0 Å². The van der Waals surface area contributed by atoms with E-state index in [9.17, 15) is 4.79 Å². The second-order valence-corrected chi connectivity index (χ2v) is 8.43. The Kier molecular flexibility index (Phi) is 8.01. The molecule has 1 aromatic heterocycles. The van der Waals surface area contributed by atoms with Gasteiger partial charge in [0.1, 0.15) is 18.3 Å². The van der Waals surface area contributed by atoms with Crippen molar-refractivity contribution in [1.29, 1.82) is 0 Å². The Balaban J connectivity index is 1.40. The summed E-state index contributed by atoms with van der Waals surface area (Å²) in [5.74, 6) is 0.735. The zero-order valence-electron chi connectivity index (χ0n) is 19.5. The van der Waals surface area contributed by atoms with Gasteiger partial charge in [-0.1, -0.05) is 24.3 Å². The number of rotatable bonds is 7. The van der Waals surface area contributed by atoms with Crippen LogP contribution in [0, 0.1) is 0 Å². The minimum Gasteiger partial charge on any atom is -0.444 e. The number of carbonyl (C=O) groups excluding carboxylic acids is 1. The first-order valence-electron chi connectivity index (χ1n) is 10.8. The third-order valence-electron chi connectivity index (χ3n) is 4.61. The summed E-state index contributed by atoms with van der Waals surface area (Å²) in [6.45, 7) is 6.89. The lowest BCUT2D eigenvalue weighted by Gasteiger charge is -2.19. The number of aliphatic imine (C=N–C) groups is 1. The number of hydrogen-bond acceptors (Lipinski definition) is 5. The molecule has 1 heterocycles. The van der Waals surface area contributed by atoms with Gasteiger partial charge in [0.05, 0.1) is 5.69 Å². The molecule has 0 spiro atoms. The maximum atomic E-state index is 11.9. The van der Waals surface area contributed by atoms with Gasteiger partial charge in [-0.05, 0) is 62.6 Å². The van der Waals surface area contributed by atoms with Crippen molar-refractivity contribution in [3.05, 3.63) is 72.3 Å². The van der Waals surface area contributed by atoms with Crippen LogP contribution in [0.5, 0.6) is 0 Å². The zero-order chi connectivity index (χ0) is 23.7. The van der Waals surface area contributed by atoms with Crippen molar-refractivity contribution >= 4 is 17.7 Å². The van der Waals surface area contributed by atoms with Gasteiger partial charge in [-0.25, -0.2) is 14.5 Å². The van der Waals surface area contributed by atoms with E-state index in [1.54, 1.807) is 18.1 Å². The normalized spacial score (nSPS) is 11.7. The van der Waals surface area contributed by atoms with Crippen LogP contribution >= 0.6 is 0 Å². The number of ether oxygens (including phenoxy) is 1. The van der Waals surface area contributed by atoms with Crippen LogP contribution in [0.25, 0.3) is 5.69 Å². The van der Waals surface area contributed by atoms with E-state index in [4.69, 9.17) is 4.74 Å². The summed E-state index contributed by atoms with van der Waals surface area (Å²) in [7, 11) is 1.75. The smallest absolute Gasteiger partial charge is 0.412 e. The molecule has 3 aromatic rings. The second kappa shape index (κ2) is 11.1. The van der Waals surface area contributed by atoms with Crippen molar-refractivity contribution in [3.8, 4) is 5.69 Å². The molecule has 0 saturated carbocycles. The Morgan fingerprint density at radius 2 is 1.73 bits per heavy atom. The van der Waals surface area contributed by atoms with E-state index in [0.717, 1.165) is 35.7 Å². The van der Waals surface area contributed by atoms with Crippen molar-refractivity contribution in [2.24, 2.45) is 4.99 Å². The van der Waals surface area contributed by atoms with E-state index in [1.165, 1.54) is 6.33 Å². The van der Waals surface area contributed by atoms with Crippen molar-refractivity contribution in [2.75, 3.05) is 18.9 Å². The first kappa shape index (κ1) is 23.8. The van der Waals surface area contributed by atoms with E-state index in [2.05, 4.69) is 31.0 Å². The molecular weight excluding hydrogens is 418 g/mol. The molecule has 0 atom stereocenters. The maximum Gasteiger partial charge on any atom is 0.412 e. The van der Waals surface area contributed by atoms with Crippen LogP contribution in [0.15, 0.2) is 66.2 Å². The number of amides is 1. The van der Waals surface area contributed by atoms with Gasteiger partial charge in [0.15, 0.2) is 5.96 Å². The van der Waals surface area contributed by atoms with Gasteiger partial charge < -0.3 is 15.4 Å². The van der Waals surface area contributed by atoms with Gasteiger partial charge in [-0.3, -0.25) is 10.3 Å². The quantitative estimate of drug-likeness (QED) is 0.376. The molecule has 0 unspecified atom stereocenters. The average molecular weight is 450 g/mol. The van der Waals surface area contributed by atoms with Crippen LogP contribution in [-0.2, 0) is 17.7 Å². The molecule has 0 bridgehead atoms. The predicted octanol–water partition coefficient (Wildman–Crippen LogP) is 3.52. The van der Waals surface area contributed by atoms with Gasteiger partial charge in [-0.2, -0.15) is 5.10 Å². The summed E-state index contributed by atoms with van der Waals surface area (Å²) in [6.07, 6.45) is 3.55. The van der Waals surface area contributed by atoms with E-state index < -0.39 is 11.7 Å². The molecule has 9 heteroatoms. The third kappa shape index (κ3) is 7.95. The molecule has 174 valence electrons. The topological polar surface area (TPSA) is 105 Å². The first-order chi connectivity index (χ1) is 15.8. The minimum absolute atomic E-state index is 0.458. The van der Waals surface area contributed by atoms with Crippen molar-refractivity contribution in [3.63, 3.8) is 0 Å². The van der Waals surface area contributed by atoms with Crippen LogP contribution < -0.4 is 16.0 Å². The first-order valence-corrected chi connectivity index (χ1v) is 10.8. The fourth-order valence-corrected chi connectivity index (χ4v) is 3.02. The molecule has 2 aromatic carbocycles. The van der Waals surface area contributed by atoms with E-state index in [-0.39, 0.29) is 0 Å². The van der Waals surface area contributed by atoms with Crippen molar-refractivity contribution in [2.45, 2.75) is 39.3 Å². The maximum absolute atomic E-state index is 11.9. The van der Waals surface area contributed by atoms with Gasteiger partial charge in [0.2, 0.25) is 0 Å². The summed E-state index contributed by atoms with van der Waals surface area (Å²) in [5.41, 5.74) is 3.43. The molecule has 0 aliphatic rings. The Labute approximate surface area is 194 Å². The van der Waals surface area contributed by atoms with Crippen LogP contribution in [0.4, 0.5) is 10.5 Å². The third-order valence-corrected chi connectivity index (χ3v) is 4.61. The number of anilines is 1. The summed E-state index contributed by atoms with van der Waals surface area (Å²) < 4.78 is 6.99. The molecule has 0 saturated heterocycles. The highest BCUT2D eigenvalue weighted by Crippen LogP contribution is 2.13. The summed E-state index contributed by atoms with van der Waals surface area (Å²) in [6, 6.07) is 15.8. The molecule has 3 rings (SSSR count). The molecule has 0 radical (unpaired) electrons. The van der Waals surface area contributed by atoms with E-state index >= 15 is 0 Å². The zero-order valence-corrected chi connectivity index (χ0v) is 19.5. The highest BCUT2D eigenvalue weighted by Gasteiger charge is 2.16. The Morgan fingerprint density at radius 3 is 2.33 bits per heavy atom. The Hall–Kier alpha value is -3.88. The summed E-state index contributed by atoms with van der Waals surface area (Å²) >= 11 is 0. The number of guanidine groups is 1. The minimum atomic E-state index is -0.524. The number of aromatic nitrogens is 3. The number of benzene rings is 2. The second-order valence-electron chi connectivity index (χ2n) is 8.43. The SMILES string of the molecule is CN=C(NCCc1ccc(NC(=O)OC(C)(C)C)cc1)NCc1ccc(-n2cncn2)cc1. The molecule has 0 aliphatic heterocycles. The van der Waals surface area contributed by atoms with Crippen LogP contribution in [0.1, 0.15) is 31.9 Å². The Morgan fingerprint density at radius 1 is 1.03 bits per heavy atom. The summed E-state index contributed by atoms with van der Waals surface area (Å²) in [4.78, 5) is 20.1. The van der Waals surface area contributed by atoms with Crippen LogP contribution in [0.3, 0.4) is 0 Å². The Bertz CT molecular complexity index is 1040. The number of carbonyl (C=O) groups is 1. The van der Waals surface area contributed by atoms with Crippen molar-refractivity contribution in [1.82, 2.24) is 25.4 Å². The standard InChI is InChI=1S/C24H31N7O2/c1-24(2,3)33-23(32)30-20-9-5-18(6-10-20)13-14-27-22(25-4)28-15-19-7-11-21(12-8-19)31-17-26-16-29-31/h5-12,16-17H,13-15H2,1-4H3,(H,30,32)(H2,25,27,28). The predicted molar refractivity (Wildman–Crippen MR) is 130 cm³/mol. The molecular formula is C24H31N7O2. The lowest BCUT2D eigenvalue weighted by atomic mass is 10.1. The summed E-state index contributed by atoms with van der Waals surface area (Å²) in [5, 5.41) is 13.5. The van der Waals surface area contributed by atoms with E-state index in [0.29, 0.717) is 12.2 Å². The molecule has 3 N–H and O–H groups in total. The van der Waals surface area contributed by atoms with Crippen molar-refractivity contribution < 1.29 is 9.53 Å². The van der Waals surface area contributed by atoms with E-state index in [1.807, 2.05) is 69.3 Å². The lowest BCUT2D eigenvalue weighted by Crippen LogP contribution is -2.37.